The molecule has 1 aromatic rings. The fraction of sp³-hybridized carbons (Fsp3) is 0.556. The smallest absolute Gasteiger partial charge is 0.200 e. The average molecular weight is 344 g/mol. The summed E-state index contributed by atoms with van der Waals surface area (Å²) in [5.74, 6) is -2.18. The molecule has 0 unspecified atom stereocenters. The second-order valence-electron chi connectivity index (χ2n) is 5.94. The largest absolute Gasteiger partial charge is 0.485 e. The average Bonchev–Trinajstić information content (AvgIpc) is 2.57. The highest BCUT2D eigenvalue weighted by Crippen LogP contribution is 2.27. The zero-order valence-electron chi connectivity index (χ0n) is 13.8. The number of ether oxygens (including phenoxy) is 3. The quantitative estimate of drug-likeness (QED) is 0.657. The summed E-state index contributed by atoms with van der Waals surface area (Å²) in [6.45, 7) is 5.12. The van der Waals surface area contributed by atoms with Crippen LogP contribution in [0.15, 0.2) is 24.8 Å². The molecule has 1 aromatic carbocycles. The summed E-state index contributed by atoms with van der Waals surface area (Å²) in [7, 11) is 0. The highest BCUT2D eigenvalue weighted by molar-refractivity contribution is 5.31. The van der Waals surface area contributed by atoms with Crippen LogP contribution in [0, 0.1) is 11.6 Å². The van der Waals surface area contributed by atoms with Gasteiger partial charge in [0.05, 0.1) is 13.2 Å². The topological polar surface area (TPSA) is 27.7 Å². The Morgan fingerprint density at radius 3 is 2.62 bits per heavy atom. The first-order chi connectivity index (χ1) is 11.5. The van der Waals surface area contributed by atoms with E-state index in [1.807, 2.05) is 6.92 Å². The summed E-state index contributed by atoms with van der Waals surface area (Å²) in [6, 6.07) is 2.85. The first kappa shape index (κ1) is 18.8. The summed E-state index contributed by atoms with van der Waals surface area (Å²) >= 11 is 0. The van der Waals surface area contributed by atoms with E-state index in [9.17, 15) is 13.2 Å². The van der Waals surface area contributed by atoms with Crippen molar-refractivity contribution in [3.8, 4) is 5.75 Å². The van der Waals surface area contributed by atoms with Crippen LogP contribution in [0.3, 0.4) is 0 Å². The van der Waals surface area contributed by atoms with Crippen LogP contribution in [-0.2, 0) is 15.9 Å². The van der Waals surface area contributed by atoms with Gasteiger partial charge < -0.3 is 14.2 Å². The van der Waals surface area contributed by atoms with Gasteiger partial charge in [-0.25, -0.2) is 8.78 Å². The van der Waals surface area contributed by atoms with Gasteiger partial charge in [0.2, 0.25) is 5.82 Å². The Kier molecular flexibility index (Phi) is 6.69. The minimum Gasteiger partial charge on any atom is -0.485 e. The third kappa shape index (κ3) is 4.74. The summed E-state index contributed by atoms with van der Waals surface area (Å²) in [4.78, 5) is 0. The van der Waals surface area contributed by atoms with Crippen LogP contribution < -0.4 is 4.74 Å². The lowest BCUT2D eigenvalue weighted by Crippen LogP contribution is -2.45. The van der Waals surface area contributed by atoms with Crippen molar-refractivity contribution in [3.63, 3.8) is 0 Å². The van der Waals surface area contributed by atoms with Gasteiger partial charge in [-0.1, -0.05) is 25.5 Å². The van der Waals surface area contributed by atoms with Gasteiger partial charge in [0.25, 0.3) is 0 Å². The van der Waals surface area contributed by atoms with Gasteiger partial charge in [-0.2, -0.15) is 4.39 Å². The Morgan fingerprint density at radius 1 is 1.29 bits per heavy atom. The second-order valence-corrected chi connectivity index (χ2v) is 5.94. The van der Waals surface area contributed by atoms with Crippen molar-refractivity contribution in [2.24, 2.45) is 0 Å². The molecule has 1 aliphatic heterocycles. The van der Waals surface area contributed by atoms with Crippen LogP contribution in [-0.4, -0.2) is 31.8 Å². The van der Waals surface area contributed by atoms with E-state index in [4.69, 9.17) is 14.2 Å². The van der Waals surface area contributed by atoms with Gasteiger partial charge in [-0.3, -0.25) is 0 Å². The number of aryl methyl sites for hydroxylation is 1. The molecule has 3 nitrogen and oxygen atoms in total. The molecular formula is C18H23F3O3. The van der Waals surface area contributed by atoms with Crippen LogP contribution >= 0.6 is 0 Å². The van der Waals surface area contributed by atoms with Gasteiger partial charge in [0.1, 0.15) is 6.61 Å². The number of alkyl halides is 1. The first-order valence-corrected chi connectivity index (χ1v) is 8.12. The van der Waals surface area contributed by atoms with E-state index < -0.39 is 23.6 Å². The minimum atomic E-state index is -1.49. The highest BCUT2D eigenvalue weighted by Gasteiger charge is 2.36. The Bertz CT molecular complexity index is 555. The van der Waals surface area contributed by atoms with E-state index >= 15 is 0 Å². The van der Waals surface area contributed by atoms with Crippen molar-refractivity contribution in [1.29, 1.82) is 0 Å². The summed E-state index contributed by atoms with van der Waals surface area (Å²) in [5, 5.41) is 0. The van der Waals surface area contributed by atoms with E-state index in [1.54, 1.807) is 6.08 Å². The van der Waals surface area contributed by atoms with E-state index in [0.717, 1.165) is 0 Å². The predicted octanol–water partition coefficient (Wildman–Crippen LogP) is 4.34. The molecule has 0 spiro atoms. The van der Waals surface area contributed by atoms with Crippen molar-refractivity contribution in [2.45, 2.75) is 44.6 Å². The lowest BCUT2D eigenvalue weighted by molar-refractivity contribution is -0.242. The second kappa shape index (κ2) is 8.53. The van der Waals surface area contributed by atoms with Crippen molar-refractivity contribution in [2.75, 3.05) is 19.8 Å². The number of allylic oxidation sites excluding steroid dienone is 1. The van der Waals surface area contributed by atoms with E-state index in [2.05, 4.69) is 6.58 Å². The maximum atomic E-state index is 14.2. The van der Waals surface area contributed by atoms with Crippen molar-refractivity contribution < 1.29 is 27.4 Å². The molecule has 1 saturated heterocycles. The number of hydrogen-bond acceptors (Lipinski definition) is 3. The molecule has 0 N–H and O–H groups in total. The lowest BCUT2D eigenvalue weighted by Gasteiger charge is -2.33. The van der Waals surface area contributed by atoms with E-state index in [-0.39, 0.29) is 31.1 Å². The number of hydrogen-bond donors (Lipinski definition) is 0. The predicted molar refractivity (Wildman–Crippen MR) is 84.8 cm³/mol. The molecule has 1 fully saturated rings. The van der Waals surface area contributed by atoms with Crippen molar-refractivity contribution >= 4 is 0 Å². The molecule has 0 amide bonds. The molecule has 6 heteroatoms. The molecule has 2 rings (SSSR count). The molecule has 1 heterocycles. The molecule has 134 valence electrons. The molecule has 0 saturated carbocycles. The fourth-order valence-corrected chi connectivity index (χ4v) is 2.55. The number of rotatable bonds is 8. The molecule has 1 aliphatic rings. The monoisotopic (exact) mass is 344 g/mol. The van der Waals surface area contributed by atoms with Crippen LogP contribution in [0.5, 0.6) is 5.75 Å². The molecule has 0 radical (unpaired) electrons. The summed E-state index contributed by atoms with van der Waals surface area (Å²) < 4.78 is 57.9. The molecule has 0 aromatic heterocycles. The third-order valence-electron chi connectivity index (χ3n) is 3.87. The third-order valence-corrected chi connectivity index (χ3v) is 3.87. The van der Waals surface area contributed by atoms with Crippen LogP contribution in [0.2, 0.25) is 0 Å². The van der Waals surface area contributed by atoms with Crippen LogP contribution in [0.4, 0.5) is 13.2 Å². The maximum Gasteiger partial charge on any atom is 0.200 e. The standard InChI is InChI=1S/C18H23F3O3/c1-3-5-6-13-7-8-14(17(20)16(13)19)22-10-15-23-11-18(21,9-4-2)12-24-15/h3,7-8,15H,1,4-6,9-12H2,2H3. The zero-order chi connectivity index (χ0) is 17.6. The van der Waals surface area contributed by atoms with E-state index in [1.165, 1.54) is 12.1 Å². The SMILES string of the molecule is C=CCCc1ccc(OCC2OCC(F)(CCC)CO2)c(F)c1F. The normalized spacial score (nSPS) is 23.9. The first-order valence-electron chi connectivity index (χ1n) is 8.12. The number of halogens is 3. The Labute approximate surface area is 140 Å². The fourth-order valence-electron chi connectivity index (χ4n) is 2.55. The highest BCUT2D eigenvalue weighted by atomic mass is 19.2. The summed E-state index contributed by atoms with van der Waals surface area (Å²) in [6.07, 6.45) is 2.82. The Balaban J connectivity index is 1.89. The molecule has 0 aliphatic carbocycles. The zero-order valence-corrected chi connectivity index (χ0v) is 13.8. The Morgan fingerprint density at radius 2 is 2.00 bits per heavy atom. The molecular weight excluding hydrogens is 321 g/mol. The summed E-state index contributed by atoms with van der Waals surface area (Å²) in [5.41, 5.74) is -1.22. The molecule has 0 bridgehead atoms. The van der Waals surface area contributed by atoms with Gasteiger partial charge in [-0.15, -0.1) is 6.58 Å². The van der Waals surface area contributed by atoms with Gasteiger partial charge in [0.15, 0.2) is 23.5 Å². The molecule has 0 atom stereocenters. The van der Waals surface area contributed by atoms with Crippen molar-refractivity contribution in [1.82, 2.24) is 0 Å². The van der Waals surface area contributed by atoms with Crippen LogP contribution in [0.1, 0.15) is 31.7 Å². The molecule has 24 heavy (non-hydrogen) atoms. The van der Waals surface area contributed by atoms with Gasteiger partial charge >= 0.3 is 0 Å². The van der Waals surface area contributed by atoms with Gasteiger partial charge in [0, 0.05) is 0 Å². The van der Waals surface area contributed by atoms with Crippen LogP contribution in [0.25, 0.3) is 0 Å². The van der Waals surface area contributed by atoms with E-state index in [0.29, 0.717) is 25.7 Å². The minimum absolute atomic E-state index is 0.0911. The lowest BCUT2D eigenvalue weighted by atomic mass is 10.0. The number of benzene rings is 1. The maximum absolute atomic E-state index is 14.2. The Hall–Kier alpha value is -1.53. The van der Waals surface area contributed by atoms with Gasteiger partial charge in [-0.05, 0) is 30.9 Å². The van der Waals surface area contributed by atoms with Crippen molar-refractivity contribution in [3.05, 3.63) is 42.0 Å².